The van der Waals surface area contributed by atoms with Crippen molar-refractivity contribution in [2.45, 2.75) is 46.3 Å². The van der Waals surface area contributed by atoms with E-state index in [1.165, 1.54) is 0 Å². The van der Waals surface area contributed by atoms with Gasteiger partial charge in [0.1, 0.15) is 0 Å². The molecule has 118 valence electrons. The Morgan fingerprint density at radius 3 is 2.33 bits per heavy atom. The first-order chi connectivity index (χ1) is 9.69. The molecule has 1 heterocycles. The first-order valence-corrected chi connectivity index (χ1v) is 6.85. The van der Waals surface area contributed by atoms with Crippen LogP contribution in [0.5, 0.6) is 6.01 Å². The van der Waals surface area contributed by atoms with Crippen molar-refractivity contribution < 1.29 is 9.53 Å². The molecule has 1 aromatic heterocycles. The fraction of sp³-hybridized carbons (Fsp3) is 0.692. The van der Waals surface area contributed by atoms with Gasteiger partial charge in [-0.25, -0.2) is 0 Å². The average Bonchev–Trinajstić information content (AvgIpc) is 2.33. The Bertz CT molecular complexity index is 484. The number of rotatable bonds is 6. The van der Waals surface area contributed by atoms with Crippen molar-refractivity contribution in [1.82, 2.24) is 20.3 Å². The number of aromatic nitrogens is 3. The molecule has 0 fully saturated rings. The predicted octanol–water partition coefficient (Wildman–Crippen LogP) is 1.03. The number of carbonyl (C=O) groups is 1. The van der Waals surface area contributed by atoms with Gasteiger partial charge in [-0.2, -0.15) is 15.0 Å². The van der Waals surface area contributed by atoms with Gasteiger partial charge < -0.3 is 20.7 Å². The molecule has 0 radical (unpaired) electrons. The second kappa shape index (κ2) is 7.05. The Kier molecular flexibility index (Phi) is 5.69. The molecule has 0 aliphatic heterocycles. The highest BCUT2D eigenvalue weighted by molar-refractivity contribution is 5.80. The summed E-state index contributed by atoms with van der Waals surface area (Å²) in [7, 11) is 1.70. The Balaban J connectivity index is 2.71. The molecule has 1 rings (SSSR count). The first kappa shape index (κ1) is 16.9. The second-order valence-corrected chi connectivity index (χ2v) is 5.83. The van der Waals surface area contributed by atoms with Gasteiger partial charge in [0.15, 0.2) is 0 Å². The van der Waals surface area contributed by atoms with E-state index in [0.717, 1.165) is 0 Å². The number of carbonyl (C=O) groups excluding carboxylic acids is 1. The van der Waals surface area contributed by atoms with Crippen molar-refractivity contribution in [3.05, 3.63) is 0 Å². The van der Waals surface area contributed by atoms with Crippen molar-refractivity contribution >= 4 is 17.8 Å². The van der Waals surface area contributed by atoms with Gasteiger partial charge in [0.05, 0.1) is 12.6 Å². The van der Waals surface area contributed by atoms with Gasteiger partial charge in [0.2, 0.25) is 17.8 Å². The molecule has 8 nitrogen and oxygen atoms in total. The molecule has 0 saturated carbocycles. The summed E-state index contributed by atoms with van der Waals surface area (Å²) in [5.41, 5.74) is -0.278. The average molecular weight is 296 g/mol. The zero-order valence-corrected chi connectivity index (χ0v) is 13.4. The quantitative estimate of drug-likeness (QED) is 0.720. The number of nitrogens with one attached hydrogen (secondary N) is 3. The Hall–Kier alpha value is -2.12. The molecular formula is C13H24N6O2. The van der Waals surface area contributed by atoms with Crippen LogP contribution in [0.1, 0.15) is 34.6 Å². The number of hydrogen-bond acceptors (Lipinski definition) is 7. The number of hydrogen-bond donors (Lipinski definition) is 3. The molecular weight excluding hydrogens is 272 g/mol. The van der Waals surface area contributed by atoms with Crippen LogP contribution in [0, 0.1) is 0 Å². The SMILES string of the molecule is CNc1nc(NCC(=O)NC(C)(C)C)nc(OC(C)C)n1. The highest BCUT2D eigenvalue weighted by Gasteiger charge is 2.14. The monoisotopic (exact) mass is 296 g/mol. The van der Waals surface area contributed by atoms with E-state index in [2.05, 4.69) is 30.9 Å². The minimum atomic E-state index is -0.278. The maximum absolute atomic E-state index is 11.8. The summed E-state index contributed by atoms with van der Waals surface area (Å²) >= 11 is 0. The Morgan fingerprint density at radius 2 is 1.81 bits per heavy atom. The van der Waals surface area contributed by atoms with Crippen LogP contribution >= 0.6 is 0 Å². The van der Waals surface area contributed by atoms with E-state index in [0.29, 0.717) is 5.95 Å². The van der Waals surface area contributed by atoms with Gasteiger partial charge in [-0.1, -0.05) is 0 Å². The molecule has 0 aliphatic carbocycles. The molecule has 0 aromatic carbocycles. The van der Waals surface area contributed by atoms with Crippen molar-refractivity contribution in [3.8, 4) is 6.01 Å². The number of amides is 1. The third kappa shape index (κ3) is 6.73. The molecule has 3 N–H and O–H groups in total. The van der Waals surface area contributed by atoms with Crippen LogP contribution < -0.4 is 20.7 Å². The normalized spacial score (nSPS) is 11.2. The standard InChI is InChI=1S/C13H24N6O2/c1-8(2)21-12-17-10(14-6)16-11(18-12)15-7-9(20)19-13(3,4)5/h8H,7H2,1-6H3,(H,19,20)(H2,14,15,16,17,18). The summed E-state index contributed by atoms with van der Waals surface area (Å²) in [6, 6.07) is 0.211. The van der Waals surface area contributed by atoms with Crippen molar-refractivity contribution in [1.29, 1.82) is 0 Å². The fourth-order valence-corrected chi connectivity index (χ4v) is 1.43. The van der Waals surface area contributed by atoms with Gasteiger partial charge in [0.25, 0.3) is 0 Å². The molecule has 0 aliphatic rings. The molecule has 21 heavy (non-hydrogen) atoms. The molecule has 0 unspecified atom stereocenters. The molecule has 0 saturated heterocycles. The highest BCUT2D eigenvalue weighted by atomic mass is 16.5. The summed E-state index contributed by atoms with van der Waals surface area (Å²) in [6.07, 6.45) is -0.0471. The van der Waals surface area contributed by atoms with E-state index in [-0.39, 0.29) is 36.1 Å². The third-order valence-electron chi connectivity index (χ3n) is 2.10. The highest BCUT2D eigenvalue weighted by Crippen LogP contribution is 2.12. The maximum atomic E-state index is 11.8. The Morgan fingerprint density at radius 1 is 1.19 bits per heavy atom. The van der Waals surface area contributed by atoms with Gasteiger partial charge in [0, 0.05) is 12.6 Å². The molecule has 8 heteroatoms. The summed E-state index contributed by atoms with van der Waals surface area (Å²) in [6.45, 7) is 9.59. The van der Waals surface area contributed by atoms with Gasteiger partial charge >= 0.3 is 6.01 Å². The third-order valence-corrected chi connectivity index (χ3v) is 2.10. The first-order valence-electron chi connectivity index (χ1n) is 6.85. The van der Waals surface area contributed by atoms with E-state index in [9.17, 15) is 4.79 Å². The summed E-state index contributed by atoms with van der Waals surface area (Å²) in [5.74, 6) is 0.522. The van der Waals surface area contributed by atoms with E-state index in [1.54, 1.807) is 7.05 Å². The number of ether oxygens (including phenoxy) is 1. The topological polar surface area (TPSA) is 101 Å². The van der Waals surface area contributed by atoms with Gasteiger partial charge in [-0.15, -0.1) is 0 Å². The van der Waals surface area contributed by atoms with Crippen LogP contribution in [-0.4, -0.2) is 46.1 Å². The van der Waals surface area contributed by atoms with E-state index < -0.39 is 0 Å². The zero-order valence-electron chi connectivity index (χ0n) is 13.4. The van der Waals surface area contributed by atoms with Gasteiger partial charge in [-0.3, -0.25) is 4.79 Å². The molecule has 1 aromatic rings. The molecule has 1 amide bonds. The largest absolute Gasteiger partial charge is 0.461 e. The lowest BCUT2D eigenvalue weighted by molar-refractivity contribution is -0.120. The maximum Gasteiger partial charge on any atom is 0.323 e. The van der Waals surface area contributed by atoms with E-state index >= 15 is 0 Å². The Labute approximate surface area is 125 Å². The van der Waals surface area contributed by atoms with Crippen LogP contribution in [0.25, 0.3) is 0 Å². The summed E-state index contributed by atoms with van der Waals surface area (Å²) in [5, 5.41) is 8.53. The predicted molar refractivity (Wildman–Crippen MR) is 81.5 cm³/mol. The molecule has 0 spiro atoms. The van der Waals surface area contributed by atoms with E-state index in [1.807, 2.05) is 34.6 Å². The number of nitrogens with zero attached hydrogens (tertiary/aromatic N) is 3. The van der Waals surface area contributed by atoms with E-state index in [4.69, 9.17) is 4.74 Å². The lowest BCUT2D eigenvalue weighted by atomic mass is 10.1. The van der Waals surface area contributed by atoms with Crippen LogP contribution in [0.4, 0.5) is 11.9 Å². The van der Waals surface area contributed by atoms with Crippen LogP contribution in [0.3, 0.4) is 0 Å². The van der Waals surface area contributed by atoms with Crippen molar-refractivity contribution in [2.75, 3.05) is 24.2 Å². The molecule has 0 atom stereocenters. The van der Waals surface area contributed by atoms with Crippen LogP contribution in [0.2, 0.25) is 0 Å². The van der Waals surface area contributed by atoms with Crippen molar-refractivity contribution in [2.24, 2.45) is 0 Å². The van der Waals surface area contributed by atoms with Gasteiger partial charge in [-0.05, 0) is 34.6 Å². The van der Waals surface area contributed by atoms with Crippen LogP contribution in [-0.2, 0) is 4.79 Å². The minimum Gasteiger partial charge on any atom is -0.461 e. The second-order valence-electron chi connectivity index (χ2n) is 5.83. The zero-order chi connectivity index (χ0) is 16.0. The fourth-order valence-electron chi connectivity index (χ4n) is 1.43. The molecule has 0 bridgehead atoms. The van der Waals surface area contributed by atoms with Crippen molar-refractivity contribution in [3.63, 3.8) is 0 Å². The summed E-state index contributed by atoms with van der Waals surface area (Å²) in [4.78, 5) is 24.1. The summed E-state index contributed by atoms with van der Waals surface area (Å²) < 4.78 is 5.44. The minimum absolute atomic E-state index is 0.0471. The van der Waals surface area contributed by atoms with Crippen LogP contribution in [0.15, 0.2) is 0 Å². The lowest BCUT2D eigenvalue weighted by Crippen LogP contribution is -2.43. The lowest BCUT2D eigenvalue weighted by Gasteiger charge is -2.20. The number of anilines is 2. The smallest absolute Gasteiger partial charge is 0.323 e.